The Morgan fingerprint density at radius 3 is 2.73 bits per heavy atom. The van der Waals surface area contributed by atoms with E-state index in [2.05, 4.69) is 10.2 Å². The van der Waals surface area contributed by atoms with Gasteiger partial charge < -0.3 is 25.8 Å². The fraction of sp³-hybridized carbons (Fsp3) is 0.529. The van der Waals surface area contributed by atoms with Crippen molar-refractivity contribution in [3.8, 4) is 5.75 Å². The van der Waals surface area contributed by atoms with Crippen LogP contribution in [0.1, 0.15) is 28.8 Å². The standard InChI is InChI=1S/C17H24BN3O5/c19-9-11-4-6-21(7-5-11)10-15(22)20-14-8-12-2-1-3-13(17(23)24)16(12)26-18(14)25/h1-3,11,14,25H,4-10,19H2,(H,20,22)(H,23,24)/t14-/m0/s1. The quantitative estimate of drug-likeness (QED) is 0.521. The summed E-state index contributed by atoms with van der Waals surface area (Å²) in [6.07, 6.45) is 2.30. The molecule has 0 radical (unpaired) electrons. The van der Waals surface area contributed by atoms with Crippen molar-refractivity contribution in [3.63, 3.8) is 0 Å². The molecule has 1 atom stereocenters. The molecule has 2 aliphatic heterocycles. The van der Waals surface area contributed by atoms with Crippen molar-refractivity contribution in [2.75, 3.05) is 26.2 Å². The van der Waals surface area contributed by atoms with Gasteiger partial charge in [-0.25, -0.2) is 4.79 Å². The van der Waals surface area contributed by atoms with Gasteiger partial charge in [-0.2, -0.15) is 0 Å². The van der Waals surface area contributed by atoms with Gasteiger partial charge in [-0.1, -0.05) is 12.1 Å². The molecule has 9 heteroatoms. The van der Waals surface area contributed by atoms with Crippen molar-refractivity contribution < 1.29 is 24.4 Å². The maximum atomic E-state index is 12.3. The molecule has 8 nitrogen and oxygen atoms in total. The van der Waals surface area contributed by atoms with Gasteiger partial charge in [0.15, 0.2) is 0 Å². The lowest BCUT2D eigenvalue weighted by atomic mass is 9.72. The van der Waals surface area contributed by atoms with Gasteiger partial charge in [0.2, 0.25) is 5.91 Å². The highest BCUT2D eigenvalue weighted by atomic mass is 16.5. The Balaban J connectivity index is 1.58. The third-order valence-corrected chi connectivity index (χ3v) is 5.10. The third-order valence-electron chi connectivity index (χ3n) is 5.10. The van der Waals surface area contributed by atoms with E-state index < -0.39 is 19.0 Å². The Morgan fingerprint density at radius 1 is 1.35 bits per heavy atom. The molecule has 0 bridgehead atoms. The van der Waals surface area contributed by atoms with Gasteiger partial charge in [-0.05, 0) is 56.4 Å². The first-order chi connectivity index (χ1) is 12.5. The van der Waals surface area contributed by atoms with E-state index in [4.69, 9.17) is 10.4 Å². The molecule has 0 spiro atoms. The number of carbonyl (C=O) groups excluding carboxylic acids is 1. The van der Waals surface area contributed by atoms with E-state index in [1.807, 2.05) is 0 Å². The van der Waals surface area contributed by atoms with Crippen LogP contribution in [0.5, 0.6) is 5.75 Å². The Labute approximate surface area is 152 Å². The molecule has 5 N–H and O–H groups in total. The zero-order valence-electron chi connectivity index (χ0n) is 14.6. The minimum Gasteiger partial charge on any atom is -0.534 e. The number of carbonyl (C=O) groups is 2. The number of para-hydroxylation sites is 1. The van der Waals surface area contributed by atoms with Crippen molar-refractivity contribution in [2.45, 2.75) is 25.2 Å². The van der Waals surface area contributed by atoms with Crippen LogP contribution in [0.2, 0.25) is 0 Å². The summed E-state index contributed by atoms with van der Waals surface area (Å²) >= 11 is 0. The number of amides is 1. The number of nitrogens with zero attached hydrogens (tertiary/aromatic N) is 1. The lowest BCUT2D eigenvalue weighted by Crippen LogP contribution is -2.55. The topological polar surface area (TPSA) is 125 Å². The van der Waals surface area contributed by atoms with Crippen LogP contribution in [0.25, 0.3) is 0 Å². The summed E-state index contributed by atoms with van der Waals surface area (Å²) in [7, 11) is -1.28. The Hall–Kier alpha value is -2.10. The lowest BCUT2D eigenvalue weighted by Gasteiger charge is -2.32. The fourth-order valence-electron chi connectivity index (χ4n) is 3.55. The van der Waals surface area contributed by atoms with E-state index in [-0.39, 0.29) is 23.8 Å². The highest BCUT2D eigenvalue weighted by molar-refractivity contribution is 6.47. The van der Waals surface area contributed by atoms with Crippen LogP contribution in [-0.2, 0) is 11.2 Å². The van der Waals surface area contributed by atoms with Crippen molar-refractivity contribution in [3.05, 3.63) is 29.3 Å². The van der Waals surface area contributed by atoms with Crippen molar-refractivity contribution in [1.82, 2.24) is 10.2 Å². The first-order valence-corrected chi connectivity index (χ1v) is 8.89. The third kappa shape index (κ3) is 4.17. The van der Waals surface area contributed by atoms with E-state index in [0.29, 0.717) is 24.4 Å². The van der Waals surface area contributed by atoms with Crippen LogP contribution in [0.4, 0.5) is 0 Å². The van der Waals surface area contributed by atoms with Gasteiger partial charge >= 0.3 is 13.1 Å². The molecule has 0 saturated carbocycles. The van der Waals surface area contributed by atoms with Gasteiger partial charge in [0.1, 0.15) is 5.75 Å². The molecule has 1 aromatic rings. The predicted molar refractivity (Wildman–Crippen MR) is 95.9 cm³/mol. The number of piperidine rings is 1. The molecule has 2 heterocycles. The normalized spacial score (nSPS) is 21.0. The highest BCUT2D eigenvalue weighted by Crippen LogP contribution is 2.30. The number of benzene rings is 1. The maximum Gasteiger partial charge on any atom is 0.547 e. The number of fused-ring (bicyclic) bond motifs is 1. The van der Waals surface area contributed by atoms with Crippen LogP contribution in [0.3, 0.4) is 0 Å². The lowest BCUT2D eigenvalue weighted by molar-refractivity contribution is -0.123. The van der Waals surface area contributed by atoms with Crippen LogP contribution in [-0.4, -0.2) is 66.1 Å². The molecule has 2 aliphatic rings. The number of hydrogen-bond acceptors (Lipinski definition) is 6. The molecule has 1 aromatic carbocycles. The Kier molecular flexibility index (Phi) is 5.80. The molecular formula is C17H24BN3O5. The first kappa shape index (κ1) is 18.7. The molecule has 1 saturated heterocycles. The van der Waals surface area contributed by atoms with Gasteiger partial charge in [0.05, 0.1) is 18.0 Å². The smallest absolute Gasteiger partial charge is 0.534 e. The number of nitrogens with one attached hydrogen (secondary N) is 1. The largest absolute Gasteiger partial charge is 0.547 e. The number of likely N-dealkylation sites (tertiary alicyclic amines) is 1. The van der Waals surface area contributed by atoms with E-state index >= 15 is 0 Å². The second-order valence-electron chi connectivity index (χ2n) is 6.94. The monoisotopic (exact) mass is 361 g/mol. The fourth-order valence-corrected chi connectivity index (χ4v) is 3.55. The minimum absolute atomic E-state index is 0.00843. The van der Waals surface area contributed by atoms with Crippen LogP contribution < -0.4 is 15.7 Å². The van der Waals surface area contributed by atoms with E-state index in [1.165, 1.54) is 6.07 Å². The maximum absolute atomic E-state index is 12.3. The summed E-state index contributed by atoms with van der Waals surface area (Å²) in [5.41, 5.74) is 6.35. The second kappa shape index (κ2) is 8.07. The Morgan fingerprint density at radius 2 is 2.08 bits per heavy atom. The van der Waals surface area contributed by atoms with Crippen molar-refractivity contribution in [1.29, 1.82) is 0 Å². The summed E-state index contributed by atoms with van der Waals surface area (Å²) in [5, 5.41) is 22.2. The van der Waals surface area contributed by atoms with Crippen molar-refractivity contribution >= 4 is 19.0 Å². The summed E-state index contributed by atoms with van der Waals surface area (Å²) in [4.78, 5) is 25.7. The summed E-state index contributed by atoms with van der Waals surface area (Å²) in [6.45, 7) is 2.62. The zero-order valence-corrected chi connectivity index (χ0v) is 14.6. The molecule has 26 heavy (non-hydrogen) atoms. The van der Waals surface area contributed by atoms with E-state index in [1.54, 1.807) is 12.1 Å². The second-order valence-corrected chi connectivity index (χ2v) is 6.94. The van der Waals surface area contributed by atoms with E-state index in [0.717, 1.165) is 25.9 Å². The number of aromatic carboxylic acids is 1. The molecule has 0 unspecified atom stereocenters. The number of carboxylic acids is 1. The van der Waals surface area contributed by atoms with Gasteiger partial charge in [-0.15, -0.1) is 0 Å². The molecule has 3 rings (SSSR count). The number of rotatable bonds is 5. The van der Waals surface area contributed by atoms with Crippen LogP contribution in [0.15, 0.2) is 18.2 Å². The first-order valence-electron chi connectivity index (χ1n) is 8.89. The summed E-state index contributed by atoms with van der Waals surface area (Å²) in [6, 6.07) is 4.80. The number of hydrogen-bond donors (Lipinski definition) is 4. The van der Waals surface area contributed by atoms with Gasteiger partial charge in [0, 0.05) is 0 Å². The minimum atomic E-state index is -1.28. The number of nitrogens with two attached hydrogens (primary N) is 1. The average molecular weight is 361 g/mol. The summed E-state index contributed by atoms with van der Waals surface area (Å²) < 4.78 is 5.39. The van der Waals surface area contributed by atoms with Crippen molar-refractivity contribution in [2.24, 2.45) is 11.7 Å². The molecule has 1 amide bonds. The highest BCUT2D eigenvalue weighted by Gasteiger charge is 2.37. The molecule has 140 valence electrons. The Bertz CT molecular complexity index is 678. The van der Waals surface area contributed by atoms with Crippen LogP contribution >= 0.6 is 0 Å². The van der Waals surface area contributed by atoms with E-state index in [9.17, 15) is 19.7 Å². The predicted octanol–water partition coefficient (Wildman–Crippen LogP) is -0.505. The van der Waals surface area contributed by atoms with Gasteiger partial charge in [-0.3, -0.25) is 9.69 Å². The molecular weight excluding hydrogens is 337 g/mol. The molecule has 0 aromatic heterocycles. The SMILES string of the molecule is NCC1CCN(CC(=O)N[C@H]2Cc3cccc(C(=O)O)c3OB2O)CC1. The van der Waals surface area contributed by atoms with Gasteiger partial charge in [0.25, 0.3) is 0 Å². The van der Waals surface area contributed by atoms with Crippen LogP contribution in [0, 0.1) is 5.92 Å². The zero-order chi connectivity index (χ0) is 18.7. The number of carboxylic acid groups (broad SMARTS) is 1. The molecule has 1 fully saturated rings. The molecule has 0 aliphatic carbocycles. The summed E-state index contributed by atoms with van der Waals surface area (Å²) in [5.74, 6) is -1.20. The average Bonchev–Trinajstić information content (AvgIpc) is 2.62.